The number of nitrogens with zero attached hydrogens (tertiary/aromatic N) is 2. The van der Waals surface area contributed by atoms with Gasteiger partial charge in [0, 0.05) is 33.5 Å². The fourth-order valence-electron chi connectivity index (χ4n) is 9.48. The molecule has 0 N–H and O–H groups in total. The van der Waals surface area contributed by atoms with Crippen LogP contribution < -0.4 is 4.90 Å². The molecule has 11 rings (SSSR count). The lowest BCUT2D eigenvalue weighted by Crippen LogP contribution is -2.27. The maximum Gasteiger partial charge on any atom is 0.0692 e. The van der Waals surface area contributed by atoms with Gasteiger partial charge < -0.3 is 9.47 Å². The van der Waals surface area contributed by atoms with Crippen molar-refractivity contribution >= 4 is 44.4 Å². The van der Waals surface area contributed by atoms with E-state index >= 15 is 0 Å². The van der Waals surface area contributed by atoms with Crippen molar-refractivity contribution in [1.82, 2.24) is 4.57 Å². The van der Waals surface area contributed by atoms with E-state index in [-0.39, 0.29) is 5.41 Å². The number of hydrogen-bond acceptors (Lipinski definition) is 1. The summed E-state index contributed by atoms with van der Waals surface area (Å²) in [6, 6.07) is 60.7. The zero-order chi connectivity index (χ0) is 33.7. The van der Waals surface area contributed by atoms with E-state index in [9.17, 15) is 0 Å². The second-order valence-electron chi connectivity index (χ2n) is 14.1. The van der Waals surface area contributed by atoms with Gasteiger partial charge >= 0.3 is 0 Å². The van der Waals surface area contributed by atoms with Crippen LogP contribution in [0.3, 0.4) is 0 Å². The summed E-state index contributed by atoms with van der Waals surface area (Å²) in [5.74, 6) is 0. The van der Waals surface area contributed by atoms with Gasteiger partial charge in [-0.1, -0.05) is 121 Å². The Morgan fingerprint density at radius 2 is 1.12 bits per heavy atom. The Hall–Kier alpha value is -6.38. The van der Waals surface area contributed by atoms with Crippen LogP contribution in [0, 0.1) is 6.92 Å². The minimum absolute atomic E-state index is 0.315. The van der Waals surface area contributed by atoms with Crippen LogP contribution in [0.5, 0.6) is 0 Å². The van der Waals surface area contributed by atoms with Gasteiger partial charge in [-0.2, -0.15) is 0 Å². The van der Waals surface area contributed by atoms with Crippen molar-refractivity contribution in [2.24, 2.45) is 0 Å². The van der Waals surface area contributed by atoms with E-state index in [1.54, 1.807) is 0 Å². The fourth-order valence-corrected chi connectivity index (χ4v) is 9.48. The molecular formula is C49H34N2. The topological polar surface area (TPSA) is 8.17 Å². The Bertz CT molecular complexity index is 2730. The van der Waals surface area contributed by atoms with Crippen molar-refractivity contribution < 1.29 is 0 Å². The van der Waals surface area contributed by atoms with E-state index in [1.165, 1.54) is 71.9 Å². The molecule has 1 aromatic heterocycles. The molecule has 2 nitrogen and oxygen atoms in total. The molecule has 0 aliphatic heterocycles. The molecule has 1 atom stereocenters. The Morgan fingerprint density at radius 3 is 1.90 bits per heavy atom. The van der Waals surface area contributed by atoms with E-state index in [2.05, 4.69) is 192 Å². The molecule has 240 valence electrons. The first-order valence-corrected chi connectivity index (χ1v) is 17.9. The number of para-hydroxylation sites is 3. The maximum atomic E-state index is 2.49. The molecule has 51 heavy (non-hydrogen) atoms. The normalized spacial score (nSPS) is 16.6. The van der Waals surface area contributed by atoms with Gasteiger partial charge in [-0.25, -0.2) is 0 Å². The van der Waals surface area contributed by atoms with Crippen molar-refractivity contribution in [2.75, 3.05) is 4.90 Å². The first-order valence-electron chi connectivity index (χ1n) is 17.9. The molecule has 3 aliphatic rings. The summed E-state index contributed by atoms with van der Waals surface area (Å²) >= 11 is 0. The third-order valence-electron chi connectivity index (χ3n) is 11.5. The van der Waals surface area contributed by atoms with Gasteiger partial charge in [0.1, 0.15) is 0 Å². The predicted molar refractivity (Wildman–Crippen MR) is 213 cm³/mol. The summed E-state index contributed by atoms with van der Waals surface area (Å²) < 4.78 is 2.39. The number of hydrogen-bond donors (Lipinski definition) is 0. The zero-order valence-corrected chi connectivity index (χ0v) is 28.3. The van der Waals surface area contributed by atoms with Crippen LogP contribution in [0.1, 0.15) is 34.2 Å². The fraction of sp³-hybridized carbons (Fsp3) is 0.0612. The Morgan fingerprint density at radius 1 is 0.510 bits per heavy atom. The van der Waals surface area contributed by atoms with E-state index in [4.69, 9.17) is 0 Å². The number of aromatic nitrogens is 1. The SMILES string of the molecule is Cc1ccc2c(c1)C1(C3=C2C=CC3)c2ccccc2-c2ccc(N(c3ccccc3)c3ccc(-n4c5ccccc5c5ccccc54)cc3)cc21. The van der Waals surface area contributed by atoms with Gasteiger partial charge in [0.15, 0.2) is 0 Å². The van der Waals surface area contributed by atoms with E-state index in [0.29, 0.717) is 0 Å². The van der Waals surface area contributed by atoms with E-state index in [0.717, 1.165) is 29.2 Å². The molecule has 0 bridgehead atoms. The molecular weight excluding hydrogens is 617 g/mol. The molecule has 2 heteroatoms. The highest BCUT2D eigenvalue weighted by molar-refractivity contribution is 6.09. The second-order valence-corrected chi connectivity index (χ2v) is 14.1. The third-order valence-corrected chi connectivity index (χ3v) is 11.5. The molecule has 0 fully saturated rings. The second kappa shape index (κ2) is 10.6. The first kappa shape index (κ1) is 28.5. The number of fused-ring (bicyclic) bond motifs is 12. The highest BCUT2D eigenvalue weighted by Crippen LogP contribution is 2.64. The lowest BCUT2D eigenvalue weighted by molar-refractivity contribution is 0.748. The van der Waals surface area contributed by atoms with Crippen LogP contribution >= 0.6 is 0 Å². The summed E-state index contributed by atoms with van der Waals surface area (Å²) in [6.07, 6.45) is 5.68. The van der Waals surface area contributed by atoms with Crippen LogP contribution in [-0.4, -0.2) is 4.57 Å². The minimum Gasteiger partial charge on any atom is -0.310 e. The van der Waals surface area contributed by atoms with E-state index < -0.39 is 0 Å². The van der Waals surface area contributed by atoms with Gasteiger partial charge in [-0.15, -0.1) is 0 Å². The highest BCUT2D eigenvalue weighted by Gasteiger charge is 2.53. The molecule has 1 spiro atoms. The van der Waals surface area contributed by atoms with Crippen molar-refractivity contribution in [2.45, 2.75) is 18.8 Å². The third kappa shape index (κ3) is 3.82. The average Bonchev–Trinajstić information content (AvgIpc) is 3.93. The number of rotatable bonds is 4. The minimum atomic E-state index is -0.315. The lowest BCUT2D eigenvalue weighted by atomic mass is 9.69. The number of aryl methyl sites for hydroxylation is 1. The van der Waals surface area contributed by atoms with Crippen molar-refractivity contribution in [3.05, 3.63) is 209 Å². The van der Waals surface area contributed by atoms with Gasteiger partial charge in [0.2, 0.25) is 0 Å². The van der Waals surface area contributed by atoms with Crippen LogP contribution in [0.15, 0.2) is 182 Å². The van der Waals surface area contributed by atoms with Crippen LogP contribution in [-0.2, 0) is 5.41 Å². The smallest absolute Gasteiger partial charge is 0.0692 e. The van der Waals surface area contributed by atoms with Gasteiger partial charge in [0.05, 0.1) is 16.4 Å². The van der Waals surface area contributed by atoms with Crippen LogP contribution in [0.25, 0.3) is 44.2 Å². The van der Waals surface area contributed by atoms with Crippen molar-refractivity contribution in [1.29, 1.82) is 0 Å². The Labute approximate surface area is 297 Å². The van der Waals surface area contributed by atoms with Crippen molar-refractivity contribution in [3.63, 3.8) is 0 Å². The Balaban J connectivity index is 1.11. The molecule has 7 aromatic carbocycles. The highest BCUT2D eigenvalue weighted by atomic mass is 15.1. The summed E-state index contributed by atoms with van der Waals surface area (Å²) in [5.41, 5.74) is 19.2. The maximum absolute atomic E-state index is 2.49. The quantitative estimate of drug-likeness (QED) is 0.184. The molecule has 3 aliphatic carbocycles. The monoisotopic (exact) mass is 650 g/mol. The van der Waals surface area contributed by atoms with Crippen molar-refractivity contribution in [3.8, 4) is 16.8 Å². The van der Waals surface area contributed by atoms with Gasteiger partial charge in [-0.05, 0) is 119 Å². The number of benzene rings is 7. The van der Waals surface area contributed by atoms with Crippen LogP contribution in [0.4, 0.5) is 17.1 Å². The number of anilines is 3. The molecule has 1 heterocycles. The largest absolute Gasteiger partial charge is 0.310 e. The van der Waals surface area contributed by atoms with Gasteiger partial charge in [-0.3, -0.25) is 0 Å². The zero-order valence-electron chi connectivity index (χ0n) is 28.3. The molecule has 0 saturated carbocycles. The lowest BCUT2D eigenvalue weighted by Gasteiger charge is -2.33. The summed E-state index contributed by atoms with van der Waals surface area (Å²) in [5, 5.41) is 2.55. The molecule has 1 unspecified atom stereocenters. The van der Waals surface area contributed by atoms with Gasteiger partial charge in [0.25, 0.3) is 0 Å². The van der Waals surface area contributed by atoms with E-state index in [1.807, 2.05) is 0 Å². The van der Waals surface area contributed by atoms with Crippen LogP contribution in [0.2, 0.25) is 0 Å². The average molecular weight is 651 g/mol. The molecule has 0 radical (unpaired) electrons. The summed E-state index contributed by atoms with van der Waals surface area (Å²) in [4.78, 5) is 2.42. The predicted octanol–water partition coefficient (Wildman–Crippen LogP) is 12.6. The molecule has 8 aromatic rings. The Kier molecular flexibility index (Phi) is 5.89. The molecule has 0 amide bonds. The number of allylic oxidation sites excluding steroid dienone is 4. The summed E-state index contributed by atoms with van der Waals surface area (Å²) in [6.45, 7) is 2.23. The molecule has 0 saturated heterocycles. The first-order chi connectivity index (χ1) is 25.2. The summed E-state index contributed by atoms with van der Waals surface area (Å²) in [7, 11) is 0. The standard InChI is InChI=1S/C49H34N2/c1-32-22-28-39-38-17-11-19-44(38)49(45(39)30-32)43-18-8-5-14-37(43)40-29-27-36(31-46(40)49)50(33-12-3-2-4-13-33)34-23-25-35(26-24-34)51-47-20-9-6-15-41(47)42-16-7-10-21-48(42)51/h2-18,20-31H,19H2,1H3.